The summed E-state index contributed by atoms with van der Waals surface area (Å²) >= 11 is 0. The molecule has 0 spiro atoms. The monoisotopic (exact) mass is 354 g/mol. The van der Waals surface area contributed by atoms with Crippen molar-refractivity contribution in [3.8, 4) is 5.75 Å². The van der Waals surface area contributed by atoms with Crippen molar-refractivity contribution in [2.24, 2.45) is 5.10 Å². The SMILES string of the molecule is COc1ccc2cc(/C(C)=N/NS(=O)(=O)c3ccccc3)ccc2c1. The molecule has 0 unspecified atom stereocenters. The Balaban J connectivity index is 1.86. The Kier molecular flexibility index (Phi) is 4.72. The maximum Gasteiger partial charge on any atom is 0.276 e. The van der Waals surface area contributed by atoms with Crippen molar-refractivity contribution in [1.82, 2.24) is 4.83 Å². The van der Waals surface area contributed by atoms with Crippen LogP contribution in [0.2, 0.25) is 0 Å². The molecule has 0 aliphatic heterocycles. The first kappa shape index (κ1) is 17.0. The molecular formula is C19H18N2O3S. The van der Waals surface area contributed by atoms with Gasteiger partial charge in [0.05, 0.1) is 17.7 Å². The zero-order valence-corrected chi connectivity index (χ0v) is 14.7. The number of hydrazone groups is 1. The van der Waals surface area contributed by atoms with E-state index in [0.717, 1.165) is 22.1 Å². The van der Waals surface area contributed by atoms with E-state index in [1.54, 1.807) is 32.2 Å². The van der Waals surface area contributed by atoms with Gasteiger partial charge in [0, 0.05) is 0 Å². The lowest BCUT2D eigenvalue weighted by Crippen LogP contribution is -2.19. The van der Waals surface area contributed by atoms with Crippen LogP contribution in [0, 0.1) is 0 Å². The maximum atomic E-state index is 12.2. The summed E-state index contributed by atoms with van der Waals surface area (Å²) < 4.78 is 29.7. The Morgan fingerprint density at radius 3 is 2.36 bits per heavy atom. The van der Waals surface area contributed by atoms with E-state index in [2.05, 4.69) is 9.93 Å². The van der Waals surface area contributed by atoms with Crippen molar-refractivity contribution < 1.29 is 13.2 Å². The van der Waals surface area contributed by atoms with Crippen LogP contribution in [0.4, 0.5) is 0 Å². The average molecular weight is 354 g/mol. The third-order valence-electron chi connectivity index (χ3n) is 3.85. The second-order valence-corrected chi connectivity index (χ2v) is 7.19. The highest BCUT2D eigenvalue weighted by molar-refractivity contribution is 7.89. The first-order chi connectivity index (χ1) is 12.0. The van der Waals surface area contributed by atoms with E-state index in [-0.39, 0.29) is 4.90 Å². The van der Waals surface area contributed by atoms with Gasteiger partial charge in [-0.15, -0.1) is 0 Å². The van der Waals surface area contributed by atoms with Gasteiger partial charge in [-0.05, 0) is 53.6 Å². The summed E-state index contributed by atoms with van der Waals surface area (Å²) in [6, 6.07) is 19.8. The lowest BCUT2D eigenvalue weighted by molar-refractivity contribution is 0.415. The molecule has 0 saturated heterocycles. The molecule has 0 saturated carbocycles. The molecule has 128 valence electrons. The van der Waals surface area contributed by atoms with Crippen molar-refractivity contribution in [2.45, 2.75) is 11.8 Å². The molecule has 0 atom stereocenters. The van der Waals surface area contributed by atoms with Crippen LogP contribution in [-0.2, 0) is 10.0 Å². The predicted octanol–water partition coefficient (Wildman–Crippen LogP) is 3.55. The molecule has 0 bridgehead atoms. The van der Waals surface area contributed by atoms with Gasteiger partial charge in [-0.2, -0.15) is 18.4 Å². The standard InChI is InChI=1S/C19H18N2O3S/c1-14(20-21-25(22,23)19-6-4-3-5-7-19)15-8-9-17-13-18(24-2)11-10-16(17)12-15/h3-13,21H,1-2H3/b20-14+. The molecule has 0 aromatic heterocycles. The Bertz CT molecular complexity index is 1030. The molecule has 0 amide bonds. The molecule has 25 heavy (non-hydrogen) atoms. The highest BCUT2D eigenvalue weighted by Crippen LogP contribution is 2.22. The zero-order valence-electron chi connectivity index (χ0n) is 13.9. The number of hydrogen-bond acceptors (Lipinski definition) is 4. The highest BCUT2D eigenvalue weighted by Gasteiger charge is 2.12. The van der Waals surface area contributed by atoms with Gasteiger partial charge in [-0.1, -0.05) is 36.4 Å². The first-order valence-corrected chi connectivity index (χ1v) is 9.17. The normalized spacial score (nSPS) is 12.2. The lowest BCUT2D eigenvalue weighted by Gasteiger charge is -2.07. The van der Waals surface area contributed by atoms with Gasteiger partial charge < -0.3 is 4.74 Å². The molecule has 0 aliphatic rings. The predicted molar refractivity (Wildman–Crippen MR) is 99.5 cm³/mol. The van der Waals surface area contributed by atoms with Crippen LogP contribution < -0.4 is 9.57 Å². The minimum atomic E-state index is -3.67. The fourth-order valence-corrected chi connectivity index (χ4v) is 3.30. The summed E-state index contributed by atoms with van der Waals surface area (Å²) in [5.74, 6) is 0.793. The van der Waals surface area contributed by atoms with E-state index in [0.29, 0.717) is 5.71 Å². The van der Waals surface area contributed by atoms with E-state index < -0.39 is 10.0 Å². The van der Waals surface area contributed by atoms with Crippen LogP contribution in [0.1, 0.15) is 12.5 Å². The number of ether oxygens (including phenoxy) is 1. The molecule has 3 aromatic carbocycles. The molecule has 6 heteroatoms. The average Bonchev–Trinajstić information content (AvgIpc) is 2.66. The van der Waals surface area contributed by atoms with Gasteiger partial charge in [0.1, 0.15) is 5.75 Å². The van der Waals surface area contributed by atoms with Crippen molar-refractivity contribution in [2.75, 3.05) is 7.11 Å². The van der Waals surface area contributed by atoms with Gasteiger partial charge in [-0.3, -0.25) is 0 Å². The van der Waals surface area contributed by atoms with Gasteiger partial charge in [-0.25, -0.2) is 0 Å². The number of rotatable bonds is 5. The Morgan fingerprint density at radius 2 is 1.64 bits per heavy atom. The smallest absolute Gasteiger partial charge is 0.276 e. The molecule has 0 radical (unpaired) electrons. The topological polar surface area (TPSA) is 67.8 Å². The second kappa shape index (κ2) is 6.94. The second-order valence-electron chi connectivity index (χ2n) is 5.53. The summed E-state index contributed by atoms with van der Waals surface area (Å²) in [6.45, 7) is 1.76. The quantitative estimate of drug-likeness (QED) is 0.563. The number of sulfonamides is 1. The number of benzene rings is 3. The van der Waals surface area contributed by atoms with Crippen molar-refractivity contribution in [3.63, 3.8) is 0 Å². The van der Waals surface area contributed by atoms with Crippen LogP contribution in [0.5, 0.6) is 5.75 Å². The maximum absolute atomic E-state index is 12.2. The molecule has 0 fully saturated rings. The molecule has 0 aliphatic carbocycles. The van der Waals surface area contributed by atoms with Crippen LogP contribution >= 0.6 is 0 Å². The van der Waals surface area contributed by atoms with E-state index in [9.17, 15) is 8.42 Å². The number of hydrogen-bond donors (Lipinski definition) is 1. The van der Waals surface area contributed by atoms with Gasteiger partial charge in [0.25, 0.3) is 10.0 Å². The molecule has 0 heterocycles. The van der Waals surface area contributed by atoms with Crippen LogP contribution in [0.15, 0.2) is 76.7 Å². The third-order valence-corrected chi connectivity index (χ3v) is 5.08. The lowest BCUT2D eigenvalue weighted by atomic mass is 10.0. The Labute approximate surface area is 147 Å². The summed E-state index contributed by atoms with van der Waals surface area (Å²) in [7, 11) is -2.04. The van der Waals surface area contributed by atoms with Crippen LogP contribution in [0.25, 0.3) is 10.8 Å². The summed E-state index contributed by atoms with van der Waals surface area (Å²) in [5, 5.41) is 6.11. The number of nitrogens with one attached hydrogen (secondary N) is 1. The van der Waals surface area contributed by atoms with E-state index in [4.69, 9.17) is 4.74 Å². The molecule has 3 aromatic rings. The van der Waals surface area contributed by atoms with Gasteiger partial charge in [0.15, 0.2) is 0 Å². The van der Waals surface area contributed by atoms with Gasteiger partial charge in [0.2, 0.25) is 0 Å². The molecular weight excluding hydrogens is 336 g/mol. The van der Waals surface area contributed by atoms with E-state index in [1.807, 2.05) is 36.4 Å². The van der Waals surface area contributed by atoms with E-state index in [1.165, 1.54) is 12.1 Å². The number of nitrogens with zero attached hydrogens (tertiary/aromatic N) is 1. The number of fused-ring (bicyclic) bond motifs is 1. The Hall–Kier alpha value is -2.86. The molecule has 3 rings (SSSR count). The minimum absolute atomic E-state index is 0.178. The summed E-state index contributed by atoms with van der Waals surface area (Å²) in [4.78, 5) is 2.46. The summed E-state index contributed by atoms with van der Waals surface area (Å²) in [6.07, 6.45) is 0. The number of methoxy groups -OCH3 is 1. The zero-order chi connectivity index (χ0) is 17.9. The highest BCUT2D eigenvalue weighted by atomic mass is 32.2. The van der Waals surface area contributed by atoms with E-state index >= 15 is 0 Å². The van der Waals surface area contributed by atoms with Crippen molar-refractivity contribution in [1.29, 1.82) is 0 Å². The summed E-state index contributed by atoms with van der Waals surface area (Å²) in [5.41, 5.74) is 1.42. The van der Waals surface area contributed by atoms with Crippen LogP contribution in [-0.4, -0.2) is 21.2 Å². The van der Waals surface area contributed by atoms with Crippen LogP contribution in [0.3, 0.4) is 0 Å². The van der Waals surface area contributed by atoms with Crippen molar-refractivity contribution >= 4 is 26.5 Å². The fraction of sp³-hybridized carbons (Fsp3) is 0.105. The third kappa shape index (κ3) is 3.80. The van der Waals surface area contributed by atoms with Crippen molar-refractivity contribution in [3.05, 3.63) is 72.3 Å². The largest absolute Gasteiger partial charge is 0.497 e. The molecule has 5 nitrogen and oxygen atoms in total. The minimum Gasteiger partial charge on any atom is -0.497 e. The molecule has 1 N–H and O–H groups in total. The fourth-order valence-electron chi connectivity index (χ4n) is 2.42. The van der Waals surface area contributed by atoms with Gasteiger partial charge >= 0.3 is 0 Å². The Morgan fingerprint density at radius 1 is 0.960 bits per heavy atom. The first-order valence-electron chi connectivity index (χ1n) is 7.69.